The Hall–Kier alpha value is -2.62. The molecule has 2 rings (SSSR count). The molecule has 6 nitrogen and oxygen atoms in total. The predicted octanol–water partition coefficient (Wildman–Crippen LogP) is 0.111. The van der Waals surface area contributed by atoms with Crippen LogP contribution in [0, 0.1) is 11.7 Å². The smallest absolute Gasteiger partial charge is 0.476 e. The summed E-state index contributed by atoms with van der Waals surface area (Å²) in [6.45, 7) is 0.645. The number of amides is 1. The Morgan fingerprint density at radius 3 is 2.58 bits per heavy atom. The number of ether oxygens (including phenoxy) is 1. The van der Waals surface area contributed by atoms with Gasteiger partial charge in [0.1, 0.15) is 17.3 Å². The maximum absolute atomic E-state index is 13.9. The van der Waals surface area contributed by atoms with Gasteiger partial charge in [0.25, 0.3) is 11.6 Å². The fourth-order valence-electron chi connectivity index (χ4n) is 2.28. The summed E-state index contributed by atoms with van der Waals surface area (Å²) in [5.74, 6) is -1.98. The van der Waals surface area contributed by atoms with E-state index in [1.165, 1.54) is 12.1 Å². The van der Waals surface area contributed by atoms with Crippen molar-refractivity contribution < 1.29 is 37.6 Å². The molecule has 10 heteroatoms. The summed E-state index contributed by atoms with van der Waals surface area (Å²) in [7, 11) is 0. The molecule has 0 atom stereocenters. The van der Waals surface area contributed by atoms with Crippen LogP contribution >= 0.6 is 0 Å². The van der Waals surface area contributed by atoms with Crippen molar-refractivity contribution in [3.63, 3.8) is 0 Å². The van der Waals surface area contributed by atoms with Crippen LogP contribution in [0.2, 0.25) is 0 Å². The SMILES string of the molecule is N/C(=C\C(=[NH2+])C(F)(F)F)C(=O)N(Cc1ccc(O)cc1F)CC1COC1. The van der Waals surface area contributed by atoms with Crippen molar-refractivity contribution in [1.29, 1.82) is 0 Å². The number of hydrogen-bond acceptors (Lipinski definition) is 4. The number of allylic oxidation sites excluding steroid dienone is 1. The molecule has 0 aliphatic carbocycles. The van der Waals surface area contributed by atoms with Crippen LogP contribution < -0.4 is 11.1 Å². The summed E-state index contributed by atoms with van der Waals surface area (Å²) >= 11 is 0. The highest BCUT2D eigenvalue weighted by atomic mass is 19.4. The number of nitrogens with two attached hydrogens (primary N) is 2. The number of hydrogen-bond donors (Lipinski definition) is 3. The van der Waals surface area contributed by atoms with Crippen molar-refractivity contribution in [3.05, 3.63) is 41.4 Å². The number of phenolic OH excluding ortho intramolecular Hbond substituents is 1. The Bertz CT molecular complexity index is 730. The van der Waals surface area contributed by atoms with E-state index in [1.54, 1.807) is 0 Å². The summed E-state index contributed by atoms with van der Waals surface area (Å²) in [6, 6.07) is 3.39. The number of benzene rings is 1. The van der Waals surface area contributed by atoms with Crippen molar-refractivity contribution in [2.24, 2.45) is 11.7 Å². The highest BCUT2D eigenvalue weighted by Gasteiger charge is 2.39. The summed E-state index contributed by atoms with van der Waals surface area (Å²) < 4.78 is 56.5. The topological polar surface area (TPSA) is 101 Å². The number of alkyl halides is 3. The van der Waals surface area contributed by atoms with Crippen LogP contribution in [0.5, 0.6) is 5.75 Å². The Morgan fingerprint density at radius 2 is 2.08 bits per heavy atom. The molecule has 0 aromatic heterocycles. The van der Waals surface area contributed by atoms with E-state index in [1.807, 2.05) is 0 Å². The third-order valence-corrected chi connectivity index (χ3v) is 3.76. The van der Waals surface area contributed by atoms with E-state index in [4.69, 9.17) is 15.9 Å². The second-order valence-electron chi connectivity index (χ2n) is 5.92. The van der Waals surface area contributed by atoms with E-state index in [9.17, 15) is 27.5 Å². The Balaban J connectivity index is 2.21. The van der Waals surface area contributed by atoms with Gasteiger partial charge >= 0.3 is 6.18 Å². The molecule has 1 aliphatic rings. The Kier molecular flexibility index (Phi) is 5.86. The van der Waals surface area contributed by atoms with Gasteiger partial charge in [-0.3, -0.25) is 10.2 Å². The second kappa shape index (κ2) is 7.73. The molecule has 1 aliphatic heterocycles. The van der Waals surface area contributed by atoms with Gasteiger partial charge in [-0.05, 0) is 6.07 Å². The fraction of sp³-hybridized carbons (Fsp3) is 0.375. The maximum atomic E-state index is 13.9. The average Bonchev–Trinajstić information content (AvgIpc) is 2.49. The molecular weight excluding hydrogens is 358 g/mol. The van der Waals surface area contributed by atoms with Crippen LogP contribution in [0.4, 0.5) is 17.6 Å². The lowest BCUT2D eigenvalue weighted by molar-refractivity contribution is -0.165. The van der Waals surface area contributed by atoms with E-state index in [0.717, 1.165) is 11.0 Å². The van der Waals surface area contributed by atoms with E-state index in [0.29, 0.717) is 19.3 Å². The lowest BCUT2D eigenvalue weighted by Crippen LogP contribution is -2.49. The van der Waals surface area contributed by atoms with E-state index in [2.05, 4.69) is 0 Å². The van der Waals surface area contributed by atoms with Gasteiger partial charge in [-0.25, -0.2) is 4.39 Å². The number of rotatable bonds is 6. The molecule has 1 heterocycles. The summed E-state index contributed by atoms with van der Waals surface area (Å²) in [4.78, 5) is 13.6. The van der Waals surface area contributed by atoms with Crippen LogP contribution in [0.1, 0.15) is 5.56 Å². The maximum Gasteiger partial charge on any atom is 0.476 e. The number of aromatic hydroxyl groups is 1. The number of nitrogens with zero attached hydrogens (tertiary/aromatic N) is 1. The van der Waals surface area contributed by atoms with E-state index < -0.39 is 29.3 Å². The van der Waals surface area contributed by atoms with Crippen LogP contribution in [0.15, 0.2) is 30.0 Å². The van der Waals surface area contributed by atoms with Crippen LogP contribution in [-0.2, 0) is 16.1 Å². The van der Waals surface area contributed by atoms with Gasteiger partial charge in [-0.1, -0.05) is 6.07 Å². The first-order valence-electron chi connectivity index (χ1n) is 7.59. The molecule has 0 bridgehead atoms. The largest absolute Gasteiger partial charge is 0.508 e. The second-order valence-corrected chi connectivity index (χ2v) is 5.92. The van der Waals surface area contributed by atoms with Crippen LogP contribution in [-0.4, -0.2) is 47.6 Å². The van der Waals surface area contributed by atoms with E-state index >= 15 is 0 Å². The molecule has 0 spiro atoms. The first-order chi connectivity index (χ1) is 12.1. The van der Waals surface area contributed by atoms with Crippen molar-refractivity contribution in [1.82, 2.24) is 4.90 Å². The van der Waals surface area contributed by atoms with Crippen molar-refractivity contribution >= 4 is 11.6 Å². The molecule has 1 saturated heterocycles. The number of carbonyl (C=O) groups excluding carboxylic acids is 1. The quantitative estimate of drug-likeness (QED) is 0.373. The molecule has 26 heavy (non-hydrogen) atoms. The summed E-state index contributed by atoms with van der Waals surface area (Å²) in [5, 5.41) is 14.1. The zero-order valence-electron chi connectivity index (χ0n) is 13.6. The van der Waals surface area contributed by atoms with E-state index in [-0.39, 0.29) is 30.3 Å². The molecule has 1 fully saturated rings. The molecule has 0 saturated carbocycles. The fourth-order valence-corrected chi connectivity index (χ4v) is 2.28. The third kappa shape index (κ3) is 4.94. The molecule has 1 aromatic rings. The number of phenols is 1. The third-order valence-electron chi connectivity index (χ3n) is 3.76. The zero-order chi connectivity index (χ0) is 19.5. The van der Waals surface area contributed by atoms with Gasteiger partial charge in [0.2, 0.25) is 0 Å². The molecule has 1 aromatic carbocycles. The minimum atomic E-state index is -4.82. The minimum absolute atomic E-state index is 0.0316. The normalized spacial score (nSPS) is 15.5. The highest BCUT2D eigenvalue weighted by Crippen LogP contribution is 2.20. The Labute approximate surface area is 146 Å². The van der Waals surface area contributed by atoms with Gasteiger partial charge in [0.15, 0.2) is 0 Å². The molecule has 5 N–H and O–H groups in total. The average molecular weight is 376 g/mol. The first kappa shape index (κ1) is 19.7. The minimum Gasteiger partial charge on any atom is -0.508 e. The molecule has 1 amide bonds. The number of carbonyl (C=O) groups is 1. The first-order valence-corrected chi connectivity index (χ1v) is 7.59. The Morgan fingerprint density at radius 1 is 1.42 bits per heavy atom. The van der Waals surface area contributed by atoms with Crippen molar-refractivity contribution in [3.8, 4) is 5.75 Å². The lowest BCUT2D eigenvalue weighted by Gasteiger charge is -2.32. The zero-order valence-corrected chi connectivity index (χ0v) is 13.6. The highest BCUT2D eigenvalue weighted by molar-refractivity contribution is 6.03. The lowest BCUT2D eigenvalue weighted by atomic mass is 10.1. The van der Waals surface area contributed by atoms with Gasteiger partial charge in [-0.2, -0.15) is 13.2 Å². The molecule has 0 radical (unpaired) electrons. The summed E-state index contributed by atoms with van der Waals surface area (Å²) in [6.07, 6.45) is -4.47. The molecular formula is C16H18F4N3O3+. The monoisotopic (exact) mass is 376 g/mol. The summed E-state index contributed by atoms with van der Waals surface area (Å²) in [5.41, 5.74) is 3.33. The number of halogens is 4. The van der Waals surface area contributed by atoms with Crippen molar-refractivity contribution in [2.75, 3.05) is 19.8 Å². The van der Waals surface area contributed by atoms with Crippen LogP contribution in [0.25, 0.3) is 0 Å². The van der Waals surface area contributed by atoms with Gasteiger partial charge in [0.05, 0.1) is 13.2 Å². The van der Waals surface area contributed by atoms with Crippen molar-refractivity contribution in [2.45, 2.75) is 12.7 Å². The van der Waals surface area contributed by atoms with Gasteiger partial charge in [-0.15, -0.1) is 0 Å². The molecule has 0 unspecified atom stereocenters. The van der Waals surface area contributed by atoms with Gasteiger partial charge < -0.3 is 20.5 Å². The molecule has 142 valence electrons. The standard InChI is InChI=1S/C16H17F4N3O3/c17-12-3-11(24)2-1-10(12)6-23(5-9-7-26-8-9)15(25)13(21)4-14(22)16(18,19)20/h1-4,9,22,24H,5-8,21H2/p+1/b13-4-,22-14?. The predicted molar refractivity (Wildman–Crippen MR) is 83.0 cm³/mol. The van der Waals surface area contributed by atoms with Gasteiger partial charge in [0, 0.05) is 36.7 Å². The van der Waals surface area contributed by atoms with Crippen LogP contribution in [0.3, 0.4) is 0 Å².